The van der Waals surface area contributed by atoms with Crippen molar-refractivity contribution in [3.63, 3.8) is 0 Å². The lowest BCUT2D eigenvalue weighted by atomic mass is 9.92. The highest BCUT2D eigenvalue weighted by atomic mass is 15.3. The highest BCUT2D eigenvalue weighted by Crippen LogP contribution is 2.26. The van der Waals surface area contributed by atoms with Gasteiger partial charge in [-0.15, -0.1) is 0 Å². The summed E-state index contributed by atoms with van der Waals surface area (Å²) in [5.41, 5.74) is 5.36. The summed E-state index contributed by atoms with van der Waals surface area (Å²) < 4.78 is 2.00. The Balaban J connectivity index is 2.35. The van der Waals surface area contributed by atoms with Gasteiger partial charge in [-0.3, -0.25) is 0 Å². The monoisotopic (exact) mass is 286 g/mol. The minimum Gasteiger partial charge on any atom is -0.313 e. The molecule has 0 saturated heterocycles. The second-order valence-corrected chi connectivity index (χ2v) is 6.07. The summed E-state index contributed by atoms with van der Waals surface area (Å²) in [5.74, 6) is 1.03. The summed E-state index contributed by atoms with van der Waals surface area (Å²) >= 11 is 0. The van der Waals surface area contributed by atoms with Crippen LogP contribution >= 0.6 is 0 Å². The smallest absolute Gasteiger partial charge is 0.138 e. The maximum Gasteiger partial charge on any atom is 0.138 e. The van der Waals surface area contributed by atoms with Crippen molar-refractivity contribution in [2.24, 2.45) is 0 Å². The molecule has 2 rings (SSSR count). The van der Waals surface area contributed by atoms with Gasteiger partial charge in [-0.2, -0.15) is 5.10 Å². The highest BCUT2D eigenvalue weighted by Gasteiger charge is 2.19. The lowest BCUT2D eigenvalue weighted by molar-refractivity contribution is 0.476. The molecule has 4 heteroatoms. The molecule has 21 heavy (non-hydrogen) atoms. The van der Waals surface area contributed by atoms with Crippen LogP contribution in [0.15, 0.2) is 18.5 Å². The van der Waals surface area contributed by atoms with Gasteiger partial charge in [0.25, 0.3) is 0 Å². The number of aryl methyl sites for hydroxylation is 3. The van der Waals surface area contributed by atoms with Crippen LogP contribution in [0.2, 0.25) is 0 Å². The Kier molecular flexibility index (Phi) is 4.78. The summed E-state index contributed by atoms with van der Waals surface area (Å²) in [6.45, 7) is 10.8. The van der Waals surface area contributed by atoms with Crippen LogP contribution in [0.5, 0.6) is 0 Å². The van der Waals surface area contributed by atoms with Gasteiger partial charge in [0.05, 0.1) is 0 Å². The van der Waals surface area contributed by atoms with Crippen molar-refractivity contribution in [3.05, 3.63) is 46.5 Å². The van der Waals surface area contributed by atoms with Gasteiger partial charge < -0.3 is 5.32 Å². The number of benzene rings is 1. The van der Waals surface area contributed by atoms with Crippen LogP contribution in [-0.4, -0.2) is 21.8 Å². The van der Waals surface area contributed by atoms with E-state index in [1.807, 2.05) is 11.7 Å². The molecule has 0 aliphatic heterocycles. The zero-order valence-corrected chi connectivity index (χ0v) is 13.9. The number of nitrogens with one attached hydrogen (secondary N) is 1. The zero-order valence-electron chi connectivity index (χ0n) is 13.9. The first-order valence-electron chi connectivity index (χ1n) is 7.57. The molecule has 0 radical (unpaired) electrons. The molecule has 1 N–H and O–H groups in total. The Morgan fingerprint density at radius 2 is 1.76 bits per heavy atom. The molecule has 1 aromatic carbocycles. The Labute approximate surface area is 127 Å². The molecule has 0 spiro atoms. The van der Waals surface area contributed by atoms with Crippen LogP contribution in [-0.2, 0) is 6.42 Å². The fourth-order valence-electron chi connectivity index (χ4n) is 3.12. The number of hydrogen-bond acceptors (Lipinski definition) is 3. The van der Waals surface area contributed by atoms with Crippen molar-refractivity contribution in [1.29, 1.82) is 0 Å². The molecule has 0 aliphatic rings. The Hall–Kier alpha value is -1.68. The second kappa shape index (κ2) is 6.39. The normalized spacial score (nSPS) is 12.9. The van der Waals surface area contributed by atoms with E-state index in [1.165, 1.54) is 22.3 Å². The van der Waals surface area contributed by atoms with Crippen LogP contribution in [0.1, 0.15) is 54.0 Å². The van der Waals surface area contributed by atoms with E-state index in [0.29, 0.717) is 6.04 Å². The average Bonchev–Trinajstić information content (AvgIpc) is 2.84. The first kappa shape index (κ1) is 15.7. The van der Waals surface area contributed by atoms with E-state index >= 15 is 0 Å². The topological polar surface area (TPSA) is 42.7 Å². The molecule has 1 aromatic heterocycles. The van der Waals surface area contributed by atoms with Gasteiger partial charge in [0.15, 0.2) is 0 Å². The Morgan fingerprint density at radius 3 is 2.29 bits per heavy atom. The van der Waals surface area contributed by atoms with Crippen LogP contribution in [0.25, 0.3) is 0 Å². The predicted molar refractivity (Wildman–Crippen MR) is 86.6 cm³/mol. The van der Waals surface area contributed by atoms with Crippen molar-refractivity contribution in [2.75, 3.05) is 7.05 Å². The third-order valence-electron chi connectivity index (χ3n) is 3.96. The molecule has 1 atom stereocenters. The lowest BCUT2D eigenvalue weighted by Crippen LogP contribution is -2.23. The van der Waals surface area contributed by atoms with E-state index in [0.717, 1.165) is 12.2 Å². The van der Waals surface area contributed by atoms with E-state index in [4.69, 9.17) is 0 Å². The Morgan fingerprint density at radius 1 is 1.14 bits per heavy atom. The number of aromatic nitrogens is 3. The maximum atomic E-state index is 4.44. The van der Waals surface area contributed by atoms with E-state index in [9.17, 15) is 0 Å². The minimum atomic E-state index is 0.257. The molecule has 0 amide bonds. The zero-order chi connectivity index (χ0) is 15.6. The third-order valence-corrected chi connectivity index (χ3v) is 3.96. The summed E-state index contributed by atoms with van der Waals surface area (Å²) in [4.78, 5) is 4.44. The Bertz CT molecular complexity index is 590. The van der Waals surface area contributed by atoms with Crippen LogP contribution in [0.3, 0.4) is 0 Å². The molecule has 1 heterocycles. The summed E-state index contributed by atoms with van der Waals surface area (Å²) in [6.07, 6.45) is 2.50. The quantitative estimate of drug-likeness (QED) is 0.917. The van der Waals surface area contributed by atoms with E-state index in [-0.39, 0.29) is 6.04 Å². The number of rotatable bonds is 5. The van der Waals surface area contributed by atoms with Crippen LogP contribution in [0, 0.1) is 20.8 Å². The van der Waals surface area contributed by atoms with E-state index in [1.54, 1.807) is 6.33 Å². The predicted octanol–water partition coefficient (Wildman–Crippen LogP) is 3.29. The van der Waals surface area contributed by atoms with E-state index < -0.39 is 0 Å². The first-order chi connectivity index (χ1) is 9.93. The summed E-state index contributed by atoms with van der Waals surface area (Å²) in [7, 11) is 2.01. The highest BCUT2D eigenvalue weighted by molar-refractivity contribution is 5.40. The molecule has 0 saturated carbocycles. The van der Waals surface area contributed by atoms with Crippen LogP contribution < -0.4 is 5.32 Å². The van der Waals surface area contributed by atoms with Crippen molar-refractivity contribution in [2.45, 2.75) is 53.1 Å². The van der Waals surface area contributed by atoms with Gasteiger partial charge in [0.1, 0.15) is 12.2 Å². The third kappa shape index (κ3) is 3.32. The number of likely N-dealkylation sites (N-methyl/N-ethyl adjacent to an activating group) is 1. The lowest BCUT2D eigenvalue weighted by Gasteiger charge is -2.22. The summed E-state index contributed by atoms with van der Waals surface area (Å²) in [5, 5.41) is 7.78. The van der Waals surface area contributed by atoms with Crippen molar-refractivity contribution in [1.82, 2.24) is 20.1 Å². The van der Waals surface area contributed by atoms with Gasteiger partial charge in [-0.25, -0.2) is 9.67 Å². The largest absolute Gasteiger partial charge is 0.313 e. The average molecular weight is 286 g/mol. The summed E-state index contributed by atoms with van der Waals surface area (Å²) in [6, 6.07) is 5.09. The second-order valence-electron chi connectivity index (χ2n) is 6.07. The fourth-order valence-corrected chi connectivity index (χ4v) is 3.12. The van der Waals surface area contributed by atoms with Gasteiger partial charge in [-0.05, 0) is 58.4 Å². The molecule has 0 aliphatic carbocycles. The molecular weight excluding hydrogens is 260 g/mol. The molecule has 0 bridgehead atoms. The standard InChI is InChI=1S/C17H26N4/c1-11(2)21-16(19-10-20-21)9-15(18-6)17-13(4)7-12(3)8-14(17)5/h7-8,10-11,15,18H,9H2,1-6H3. The molecule has 2 aromatic rings. The van der Waals surface area contributed by atoms with Crippen molar-refractivity contribution >= 4 is 0 Å². The minimum absolute atomic E-state index is 0.257. The maximum absolute atomic E-state index is 4.44. The molecule has 0 fully saturated rings. The van der Waals surface area contributed by atoms with Gasteiger partial charge in [0.2, 0.25) is 0 Å². The fraction of sp³-hybridized carbons (Fsp3) is 0.529. The molecular formula is C17H26N4. The number of hydrogen-bond donors (Lipinski definition) is 1. The van der Waals surface area contributed by atoms with E-state index in [2.05, 4.69) is 62.2 Å². The first-order valence-corrected chi connectivity index (χ1v) is 7.57. The SMILES string of the molecule is CNC(Cc1ncnn1C(C)C)c1c(C)cc(C)cc1C. The molecule has 1 unspecified atom stereocenters. The van der Waals surface area contributed by atoms with Crippen LogP contribution in [0.4, 0.5) is 0 Å². The van der Waals surface area contributed by atoms with Gasteiger partial charge in [0, 0.05) is 18.5 Å². The van der Waals surface area contributed by atoms with Crippen molar-refractivity contribution in [3.8, 4) is 0 Å². The molecule has 114 valence electrons. The van der Waals surface area contributed by atoms with Gasteiger partial charge in [-0.1, -0.05) is 17.7 Å². The molecule has 4 nitrogen and oxygen atoms in total. The number of nitrogens with zero attached hydrogens (tertiary/aromatic N) is 3. The van der Waals surface area contributed by atoms with Crippen molar-refractivity contribution < 1.29 is 0 Å². The van der Waals surface area contributed by atoms with Gasteiger partial charge >= 0.3 is 0 Å².